The third-order valence-electron chi connectivity index (χ3n) is 2.80. The van der Waals surface area contributed by atoms with Gasteiger partial charge in [-0.3, -0.25) is 0 Å². The Bertz CT molecular complexity index is 394. The van der Waals surface area contributed by atoms with Crippen molar-refractivity contribution in [3.8, 4) is 0 Å². The van der Waals surface area contributed by atoms with Crippen LogP contribution in [0.3, 0.4) is 0 Å². The van der Waals surface area contributed by atoms with Gasteiger partial charge in [0.25, 0.3) is 0 Å². The molecule has 1 aliphatic rings. The lowest BCUT2D eigenvalue weighted by Crippen LogP contribution is -2.40. The van der Waals surface area contributed by atoms with Crippen molar-refractivity contribution >= 4 is 5.82 Å². The van der Waals surface area contributed by atoms with Crippen LogP contribution in [-0.2, 0) is 16.6 Å². The number of ether oxygens (including phenoxy) is 1. The molecule has 0 radical (unpaired) electrons. The summed E-state index contributed by atoms with van der Waals surface area (Å²) in [6, 6.07) is 2.44. The zero-order valence-corrected chi connectivity index (χ0v) is 11.1. The van der Waals surface area contributed by atoms with Gasteiger partial charge >= 0.3 is 0 Å². The molecule has 1 aromatic rings. The molecule has 1 aromatic heterocycles. The monoisotopic (exact) mass is 235 g/mol. The average Bonchev–Trinajstić information content (AvgIpc) is 2.22. The zero-order chi connectivity index (χ0) is 12.5. The van der Waals surface area contributed by atoms with Gasteiger partial charge in [-0.1, -0.05) is 27.7 Å². The molecule has 0 saturated carbocycles. The average molecular weight is 235 g/mol. The van der Waals surface area contributed by atoms with Crippen molar-refractivity contribution in [3.63, 3.8) is 0 Å². The van der Waals surface area contributed by atoms with Crippen molar-refractivity contribution in [1.82, 2.24) is 9.97 Å². The first-order valence-corrected chi connectivity index (χ1v) is 6.21. The molecule has 0 unspecified atom stereocenters. The molecule has 1 aliphatic heterocycles. The molecule has 0 amide bonds. The molecule has 2 rings (SSSR count). The first-order chi connectivity index (χ1) is 7.99. The molecule has 0 aliphatic carbocycles. The summed E-state index contributed by atoms with van der Waals surface area (Å²) in [4.78, 5) is 9.19. The number of nitrogens with one attached hydrogen (secondary N) is 1. The summed E-state index contributed by atoms with van der Waals surface area (Å²) in [5, 5.41) is 3.39. The van der Waals surface area contributed by atoms with Gasteiger partial charge in [0.05, 0.1) is 19.3 Å². The van der Waals surface area contributed by atoms with E-state index in [0.717, 1.165) is 37.0 Å². The minimum Gasteiger partial charge on any atom is -0.377 e. The predicted molar refractivity (Wildman–Crippen MR) is 68.3 cm³/mol. The lowest BCUT2D eigenvalue weighted by atomic mass is 9.95. The standard InChI is InChI=1S/C13H21N3O/c1-5-9-6-11(14-10-7-17-8-10)16-12(15-9)13(2,3)4/h6,10H,5,7-8H2,1-4H3,(H,14,15,16). The van der Waals surface area contributed by atoms with Gasteiger partial charge in [0.1, 0.15) is 11.6 Å². The molecular weight excluding hydrogens is 214 g/mol. The van der Waals surface area contributed by atoms with Crippen LogP contribution in [0.5, 0.6) is 0 Å². The fourth-order valence-corrected chi connectivity index (χ4v) is 1.62. The highest BCUT2D eigenvalue weighted by atomic mass is 16.5. The van der Waals surface area contributed by atoms with E-state index >= 15 is 0 Å². The predicted octanol–water partition coefficient (Wildman–Crippen LogP) is 2.15. The topological polar surface area (TPSA) is 47.0 Å². The van der Waals surface area contributed by atoms with Crippen LogP contribution in [0.15, 0.2) is 6.07 Å². The normalized spacial score (nSPS) is 16.7. The molecule has 1 fully saturated rings. The van der Waals surface area contributed by atoms with Gasteiger partial charge < -0.3 is 10.1 Å². The molecule has 0 spiro atoms. The van der Waals surface area contributed by atoms with Crippen LogP contribution in [0.4, 0.5) is 5.82 Å². The molecule has 4 heteroatoms. The van der Waals surface area contributed by atoms with Crippen LogP contribution in [-0.4, -0.2) is 29.2 Å². The quantitative estimate of drug-likeness (QED) is 0.872. The van der Waals surface area contributed by atoms with Crippen LogP contribution in [0.25, 0.3) is 0 Å². The zero-order valence-electron chi connectivity index (χ0n) is 11.1. The number of rotatable bonds is 3. The molecule has 0 atom stereocenters. The van der Waals surface area contributed by atoms with Crippen molar-refractivity contribution in [2.75, 3.05) is 18.5 Å². The van der Waals surface area contributed by atoms with Crippen molar-refractivity contribution in [3.05, 3.63) is 17.6 Å². The number of hydrogen-bond donors (Lipinski definition) is 1. The maximum Gasteiger partial charge on any atom is 0.136 e. The number of nitrogens with zero attached hydrogens (tertiary/aromatic N) is 2. The van der Waals surface area contributed by atoms with Gasteiger partial charge in [0.2, 0.25) is 0 Å². The van der Waals surface area contributed by atoms with Crippen molar-refractivity contribution in [2.24, 2.45) is 0 Å². The van der Waals surface area contributed by atoms with E-state index < -0.39 is 0 Å². The van der Waals surface area contributed by atoms with Crippen LogP contribution in [0.2, 0.25) is 0 Å². The summed E-state index contributed by atoms with van der Waals surface area (Å²) < 4.78 is 5.16. The van der Waals surface area contributed by atoms with Crippen LogP contribution >= 0.6 is 0 Å². The molecule has 1 saturated heterocycles. The number of hydrogen-bond acceptors (Lipinski definition) is 4. The van der Waals surface area contributed by atoms with Crippen LogP contribution < -0.4 is 5.32 Å². The maximum absolute atomic E-state index is 5.16. The number of aryl methyl sites for hydroxylation is 1. The van der Waals surface area contributed by atoms with E-state index in [9.17, 15) is 0 Å². The Kier molecular flexibility index (Phi) is 3.33. The third kappa shape index (κ3) is 2.94. The van der Waals surface area contributed by atoms with Gasteiger partial charge in [0.15, 0.2) is 0 Å². The molecule has 1 N–H and O–H groups in total. The highest BCUT2D eigenvalue weighted by Crippen LogP contribution is 2.21. The Hall–Kier alpha value is -1.16. The second-order valence-electron chi connectivity index (χ2n) is 5.55. The summed E-state index contributed by atoms with van der Waals surface area (Å²) in [6.07, 6.45) is 0.932. The Balaban J connectivity index is 2.24. The van der Waals surface area contributed by atoms with Gasteiger partial charge in [0, 0.05) is 17.2 Å². The smallest absolute Gasteiger partial charge is 0.136 e. The highest BCUT2D eigenvalue weighted by molar-refractivity contribution is 5.38. The Morgan fingerprint density at radius 2 is 2.06 bits per heavy atom. The summed E-state index contributed by atoms with van der Waals surface area (Å²) in [7, 11) is 0. The molecule has 0 aromatic carbocycles. The summed E-state index contributed by atoms with van der Waals surface area (Å²) >= 11 is 0. The SMILES string of the molecule is CCc1cc(NC2COC2)nc(C(C)(C)C)n1. The summed E-state index contributed by atoms with van der Waals surface area (Å²) in [6.45, 7) is 10.1. The first-order valence-electron chi connectivity index (χ1n) is 6.21. The summed E-state index contributed by atoms with van der Waals surface area (Å²) in [5.74, 6) is 1.83. The van der Waals surface area contributed by atoms with Crippen LogP contribution in [0, 0.1) is 0 Å². The van der Waals surface area contributed by atoms with Crippen molar-refractivity contribution < 1.29 is 4.74 Å². The second kappa shape index (κ2) is 4.61. The van der Waals surface area contributed by atoms with Crippen LogP contribution in [0.1, 0.15) is 39.2 Å². The molecule has 0 bridgehead atoms. The van der Waals surface area contributed by atoms with Gasteiger partial charge in [-0.05, 0) is 6.42 Å². The molecule has 2 heterocycles. The van der Waals surface area contributed by atoms with Crippen molar-refractivity contribution in [2.45, 2.75) is 45.6 Å². The number of anilines is 1. The largest absolute Gasteiger partial charge is 0.377 e. The first kappa shape index (κ1) is 12.3. The van der Waals surface area contributed by atoms with Gasteiger partial charge in [-0.2, -0.15) is 0 Å². The lowest BCUT2D eigenvalue weighted by molar-refractivity contribution is 0.0209. The van der Waals surface area contributed by atoms with Gasteiger partial charge in [-0.25, -0.2) is 9.97 Å². The third-order valence-corrected chi connectivity index (χ3v) is 2.80. The maximum atomic E-state index is 5.16. The fraction of sp³-hybridized carbons (Fsp3) is 0.692. The van der Waals surface area contributed by atoms with E-state index in [1.54, 1.807) is 0 Å². The highest BCUT2D eigenvalue weighted by Gasteiger charge is 2.22. The van der Waals surface area contributed by atoms with E-state index in [1.165, 1.54) is 0 Å². The minimum atomic E-state index is -0.0161. The lowest BCUT2D eigenvalue weighted by Gasteiger charge is -2.28. The van der Waals surface area contributed by atoms with E-state index in [4.69, 9.17) is 4.74 Å². The molecule has 4 nitrogen and oxygen atoms in total. The Labute approximate surface area is 103 Å². The fourth-order valence-electron chi connectivity index (χ4n) is 1.62. The Morgan fingerprint density at radius 1 is 1.35 bits per heavy atom. The van der Waals surface area contributed by atoms with E-state index in [2.05, 4.69) is 43.0 Å². The molecule has 94 valence electrons. The molecule has 17 heavy (non-hydrogen) atoms. The molecular formula is C13H21N3O. The van der Waals surface area contributed by atoms with E-state index in [-0.39, 0.29) is 5.41 Å². The number of aromatic nitrogens is 2. The second-order valence-corrected chi connectivity index (χ2v) is 5.55. The van der Waals surface area contributed by atoms with Crippen molar-refractivity contribution in [1.29, 1.82) is 0 Å². The van der Waals surface area contributed by atoms with E-state index in [1.807, 2.05) is 6.07 Å². The van der Waals surface area contributed by atoms with Gasteiger partial charge in [-0.15, -0.1) is 0 Å². The van der Waals surface area contributed by atoms with E-state index in [0.29, 0.717) is 6.04 Å². The Morgan fingerprint density at radius 3 is 2.53 bits per heavy atom. The summed E-state index contributed by atoms with van der Waals surface area (Å²) in [5.41, 5.74) is 1.07. The minimum absolute atomic E-state index is 0.0161.